The smallest absolute Gasteiger partial charge is 0.159 e. The molecule has 4 heteroatoms. The van der Waals surface area contributed by atoms with Crippen LogP contribution in [0.15, 0.2) is 60.9 Å². The lowest BCUT2D eigenvalue weighted by atomic mass is 10.0. The summed E-state index contributed by atoms with van der Waals surface area (Å²) >= 11 is 0. The molecular weight excluding hydrogens is 447 g/mol. The lowest BCUT2D eigenvalue weighted by Crippen LogP contribution is -2.20. The van der Waals surface area contributed by atoms with Gasteiger partial charge in [0.1, 0.15) is 18.5 Å². The van der Waals surface area contributed by atoms with Crippen molar-refractivity contribution in [3.8, 4) is 28.3 Å². The molecule has 2 atom stereocenters. The van der Waals surface area contributed by atoms with Crippen LogP contribution in [-0.4, -0.2) is 22.7 Å². The van der Waals surface area contributed by atoms with Gasteiger partial charge < -0.3 is 4.74 Å². The van der Waals surface area contributed by atoms with Gasteiger partial charge in [0.15, 0.2) is 5.82 Å². The molecule has 3 aromatic rings. The molecule has 0 fully saturated rings. The SMILES string of the molecule is CCCCCCCCCCc1ccc(-c2cnc(-c3ccc(OCC(F)C(C)CC)cc3)nc2)cc1. The molecule has 3 nitrogen and oxygen atoms in total. The van der Waals surface area contributed by atoms with E-state index in [1.807, 2.05) is 50.5 Å². The first-order chi connectivity index (χ1) is 17.6. The molecule has 0 amide bonds. The third-order valence-corrected chi connectivity index (χ3v) is 7.04. The largest absolute Gasteiger partial charge is 0.491 e. The summed E-state index contributed by atoms with van der Waals surface area (Å²) in [6.45, 7) is 6.25. The molecule has 36 heavy (non-hydrogen) atoms. The second kappa shape index (κ2) is 15.4. The van der Waals surface area contributed by atoms with E-state index < -0.39 is 6.17 Å². The number of alkyl halides is 1. The van der Waals surface area contributed by atoms with Crippen LogP contribution in [-0.2, 0) is 6.42 Å². The Balaban J connectivity index is 1.46. The number of benzene rings is 2. The quantitative estimate of drug-likeness (QED) is 0.188. The molecule has 0 aliphatic carbocycles. The molecule has 1 heterocycles. The summed E-state index contributed by atoms with van der Waals surface area (Å²) in [4.78, 5) is 9.14. The van der Waals surface area contributed by atoms with Crippen molar-refractivity contribution in [2.24, 2.45) is 5.92 Å². The van der Waals surface area contributed by atoms with E-state index in [2.05, 4.69) is 41.2 Å². The monoisotopic (exact) mass is 490 g/mol. The number of rotatable bonds is 16. The van der Waals surface area contributed by atoms with Crippen molar-refractivity contribution in [1.29, 1.82) is 0 Å². The van der Waals surface area contributed by atoms with E-state index in [4.69, 9.17) is 4.74 Å². The minimum atomic E-state index is -0.954. The van der Waals surface area contributed by atoms with Gasteiger partial charge in [0.25, 0.3) is 0 Å². The summed E-state index contributed by atoms with van der Waals surface area (Å²) in [5.41, 5.74) is 4.45. The number of hydrogen-bond acceptors (Lipinski definition) is 3. The fourth-order valence-electron chi connectivity index (χ4n) is 4.25. The zero-order valence-electron chi connectivity index (χ0n) is 22.4. The molecule has 3 rings (SSSR count). The average molecular weight is 491 g/mol. The van der Waals surface area contributed by atoms with Crippen LogP contribution in [0.5, 0.6) is 5.75 Å². The van der Waals surface area contributed by atoms with Crippen LogP contribution in [0.3, 0.4) is 0 Å². The normalized spacial score (nSPS) is 12.9. The molecule has 0 bridgehead atoms. The van der Waals surface area contributed by atoms with E-state index in [-0.39, 0.29) is 12.5 Å². The summed E-state index contributed by atoms with van der Waals surface area (Å²) in [5.74, 6) is 1.33. The van der Waals surface area contributed by atoms with E-state index >= 15 is 0 Å². The number of aromatic nitrogens is 2. The number of unbranched alkanes of at least 4 members (excludes halogenated alkanes) is 7. The van der Waals surface area contributed by atoms with Gasteiger partial charge >= 0.3 is 0 Å². The molecule has 194 valence electrons. The molecule has 0 saturated heterocycles. The van der Waals surface area contributed by atoms with Crippen LogP contribution in [0.1, 0.15) is 84.1 Å². The highest BCUT2D eigenvalue weighted by Gasteiger charge is 2.15. The summed E-state index contributed by atoms with van der Waals surface area (Å²) in [6, 6.07) is 16.3. The summed E-state index contributed by atoms with van der Waals surface area (Å²) in [5, 5.41) is 0. The highest BCUT2D eigenvalue weighted by molar-refractivity contribution is 5.64. The predicted molar refractivity (Wildman–Crippen MR) is 149 cm³/mol. The lowest BCUT2D eigenvalue weighted by molar-refractivity contribution is 0.145. The zero-order valence-corrected chi connectivity index (χ0v) is 22.4. The number of nitrogens with zero attached hydrogens (tertiary/aromatic N) is 2. The Morgan fingerprint density at radius 3 is 1.92 bits per heavy atom. The fourth-order valence-corrected chi connectivity index (χ4v) is 4.25. The Labute approximate surface area is 217 Å². The second-order valence-corrected chi connectivity index (χ2v) is 9.95. The van der Waals surface area contributed by atoms with Crippen LogP contribution in [0.25, 0.3) is 22.5 Å². The van der Waals surface area contributed by atoms with Crippen molar-refractivity contribution in [3.63, 3.8) is 0 Å². The van der Waals surface area contributed by atoms with Gasteiger partial charge in [-0.15, -0.1) is 0 Å². The Kier molecular flexibility index (Phi) is 11.9. The Bertz CT molecular complexity index is 986. The van der Waals surface area contributed by atoms with Crippen molar-refractivity contribution in [2.75, 3.05) is 6.61 Å². The first kappa shape index (κ1) is 27.8. The maximum atomic E-state index is 14.0. The molecule has 2 aromatic carbocycles. The van der Waals surface area contributed by atoms with E-state index in [1.165, 1.54) is 56.9 Å². The van der Waals surface area contributed by atoms with E-state index in [9.17, 15) is 4.39 Å². The van der Waals surface area contributed by atoms with Gasteiger partial charge in [0.05, 0.1) is 0 Å². The van der Waals surface area contributed by atoms with Gasteiger partial charge in [0, 0.05) is 23.5 Å². The maximum Gasteiger partial charge on any atom is 0.159 e. The molecule has 1 aromatic heterocycles. The molecule has 0 N–H and O–H groups in total. The topological polar surface area (TPSA) is 35.0 Å². The summed E-state index contributed by atoms with van der Waals surface area (Å²) < 4.78 is 19.6. The van der Waals surface area contributed by atoms with Crippen LogP contribution in [0.2, 0.25) is 0 Å². The molecule has 0 aliphatic rings. The van der Waals surface area contributed by atoms with Crippen molar-refractivity contribution < 1.29 is 9.13 Å². The minimum absolute atomic E-state index is 0.00213. The highest BCUT2D eigenvalue weighted by atomic mass is 19.1. The Morgan fingerprint density at radius 2 is 1.31 bits per heavy atom. The third-order valence-electron chi connectivity index (χ3n) is 7.04. The van der Waals surface area contributed by atoms with E-state index in [1.54, 1.807) is 0 Å². The molecule has 2 unspecified atom stereocenters. The van der Waals surface area contributed by atoms with Crippen LogP contribution in [0, 0.1) is 5.92 Å². The van der Waals surface area contributed by atoms with Crippen molar-refractivity contribution in [2.45, 2.75) is 91.2 Å². The Morgan fingerprint density at radius 1 is 0.722 bits per heavy atom. The molecule has 0 aliphatic heterocycles. The van der Waals surface area contributed by atoms with Crippen molar-refractivity contribution >= 4 is 0 Å². The molecule has 0 spiro atoms. The Hall–Kier alpha value is -2.75. The summed E-state index contributed by atoms with van der Waals surface area (Å²) in [6.07, 6.45) is 15.6. The standard InChI is InChI=1S/C32H43FN2O/c1-4-6-7-8-9-10-11-12-13-26-14-16-27(17-15-26)29-22-34-32(35-23-29)28-18-20-30(21-19-28)36-24-31(33)25(3)5-2/h14-23,25,31H,4-13,24H2,1-3H3. The van der Waals surface area contributed by atoms with Gasteiger partial charge in [-0.3, -0.25) is 0 Å². The average Bonchev–Trinajstić information content (AvgIpc) is 2.93. The first-order valence-corrected chi connectivity index (χ1v) is 13.9. The number of halogens is 1. The van der Waals surface area contributed by atoms with E-state index in [0.29, 0.717) is 11.6 Å². The van der Waals surface area contributed by atoms with Gasteiger partial charge in [-0.05, 0) is 54.2 Å². The van der Waals surface area contributed by atoms with E-state index in [0.717, 1.165) is 29.5 Å². The zero-order chi connectivity index (χ0) is 25.6. The predicted octanol–water partition coefficient (Wildman–Crippen LogP) is 9.26. The number of aryl methyl sites for hydroxylation is 1. The lowest BCUT2D eigenvalue weighted by Gasteiger charge is -2.15. The third kappa shape index (κ3) is 9.04. The second-order valence-electron chi connectivity index (χ2n) is 9.95. The summed E-state index contributed by atoms with van der Waals surface area (Å²) in [7, 11) is 0. The fraction of sp³-hybridized carbons (Fsp3) is 0.500. The van der Waals surface area contributed by atoms with Crippen molar-refractivity contribution in [1.82, 2.24) is 9.97 Å². The molecule has 0 saturated carbocycles. The van der Waals surface area contributed by atoms with Gasteiger partial charge in [0.2, 0.25) is 0 Å². The van der Waals surface area contributed by atoms with Gasteiger partial charge in [-0.25, -0.2) is 14.4 Å². The first-order valence-electron chi connectivity index (χ1n) is 13.9. The highest BCUT2D eigenvalue weighted by Crippen LogP contribution is 2.24. The van der Waals surface area contributed by atoms with Crippen LogP contribution >= 0.6 is 0 Å². The molecular formula is C32H43FN2O. The molecule has 0 radical (unpaired) electrons. The van der Waals surface area contributed by atoms with Crippen molar-refractivity contribution in [3.05, 3.63) is 66.5 Å². The van der Waals surface area contributed by atoms with Gasteiger partial charge in [-0.2, -0.15) is 0 Å². The maximum absolute atomic E-state index is 14.0. The number of hydrogen-bond donors (Lipinski definition) is 0. The van der Waals surface area contributed by atoms with Crippen LogP contribution in [0.4, 0.5) is 4.39 Å². The minimum Gasteiger partial charge on any atom is -0.491 e. The number of ether oxygens (including phenoxy) is 1. The van der Waals surface area contributed by atoms with Gasteiger partial charge in [-0.1, -0.05) is 96.4 Å². The van der Waals surface area contributed by atoms with Crippen LogP contribution < -0.4 is 4.74 Å².